The molecule has 2 fully saturated rings. The van der Waals surface area contributed by atoms with Crippen LogP contribution in [-0.4, -0.2) is 23.1 Å². The van der Waals surface area contributed by atoms with Crippen LogP contribution in [0.5, 0.6) is 0 Å². The summed E-state index contributed by atoms with van der Waals surface area (Å²) in [6.07, 6.45) is 5.49. The average molecular weight is 321 g/mol. The summed E-state index contributed by atoms with van der Waals surface area (Å²) in [4.78, 5) is 14.1. The van der Waals surface area contributed by atoms with Crippen molar-refractivity contribution < 1.29 is 9.53 Å². The number of hydrogen-bond acceptors (Lipinski definition) is 2. The fourth-order valence-corrected chi connectivity index (χ4v) is 3.92. The van der Waals surface area contributed by atoms with Crippen molar-refractivity contribution in [2.45, 2.75) is 44.2 Å². The van der Waals surface area contributed by atoms with E-state index in [0.29, 0.717) is 6.54 Å². The van der Waals surface area contributed by atoms with Gasteiger partial charge in [-0.3, -0.25) is 4.90 Å². The third-order valence-corrected chi connectivity index (χ3v) is 5.24. The van der Waals surface area contributed by atoms with Gasteiger partial charge in [0.1, 0.15) is 5.60 Å². The zero-order valence-electron chi connectivity index (χ0n) is 13.9. The predicted molar refractivity (Wildman–Crippen MR) is 94.6 cm³/mol. The standard InChI is InChI=1S/C21H23NO2/c23-20-22(16-21(24-20)13-5-2-6-14-21)15-17-9-11-19(12-10-17)18-7-3-1-4-8-18/h1,3-4,7-12H,2,5-6,13-16H2. The van der Waals surface area contributed by atoms with Crippen molar-refractivity contribution in [3.8, 4) is 11.1 Å². The van der Waals surface area contributed by atoms with Gasteiger partial charge in [-0.05, 0) is 42.4 Å². The van der Waals surface area contributed by atoms with Crippen molar-refractivity contribution in [2.24, 2.45) is 0 Å². The van der Waals surface area contributed by atoms with E-state index in [1.165, 1.54) is 30.4 Å². The molecular formula is C21H23NO2. The van der Waals surface area contributed by atoms with Crippen molar-refractivity contribution in [1.29, 1.82) is 0 Å². The van der Waals surface area contributed by atoms with Crippen molar-refractivity contribution in [3.63, 3.8) is 0 Å². The van der Waals surface area contributed by atoms with E-state index in [9.17, 15) is 4.79 Å². The van der Waals surface area contributed by atoms with Crippen molar-refractivity contribution in [3.05, 3.63) is 60.2 Å². The quantitative estimate of drug-likeness (QED) is 0.795. The van der Waals surface area contributed by atoms with Gasteiger partial charge in [-0.1, -0.05) is 61.0 Å². The van der Waals surface area contributed by atoms with Gasteiger partial charge in [0.2, 0.25) is 0 Å². The molecule has 1 heterocycles. The maximum atomic E-state index is 12.2. The van der Waals surface area contributed by atoms with Crippen LogP contribution in [0.4, 0.5) is 4.79 Å². The molecule has 0 aromatic heterocycles. The summed E-state index contributed by atoms with van der Waals surface area (Å²) in [5, 5.41) is 0. The minimum atomic E-state index is -0.209. The van der Waals surface area contributed by atoms with Gasteiger partial charge < -0.3 is 4.74 Å². The van der Waals surface area contributed by atoms with Crippen molar-refractivity contribution in [2.75, 3.05) is 6.54 Å². The highest BCUT2D eigenvalue weighted by Gasteiger charge is 2.45. The zero-order valence-corrected chi connectivity index (χ0v) is 13.9. The Kier molecular flexibility index (Phi) is 4.01. The molecule has 3 heteroatoms. The molecule has 0 unspecified atom stereocenters. The van der Waals surface area contributed by atoms with Gasteiger partial charge >= 0.3 is 6.09 Å². The number of ether oxygens (including phenoxy) is 1. The van der Waals surface area contributed by atoms with Crippen LogP contribution in [0.2, 0.25) is 0 Å². The largest absolute Gasteiger partial charge is 0.441 e. The molecular weight excluding hydrogens is 298 g/mol. The van der Waals surface area contributed by atoms with E-state index in [1.54, 1.807) is 0 Å². The molecule has 0 atom stereocenters. The van der Waals surface area contributed by atoms with Crippen LogP contribution < -0.4 is 0 Å². The summed E-state index contributed by atoms with van der Waals surface area (Å²) in [5.41, 5.74) is 3.36. The monoisotopic (exact) mass is 321 g/mol. The highest BCUT2D eigenvalue weighted by Crippen LogP contribution is 2.37. The number of nitrogens with zero attached hydrogens (tertiary/aromatic N) is 1. The van der Waals surface area contributed by atoms with Gasteiger partial charge in [0.15, 0.2) is 0 Å². The second-order valence-corrected chi connectivity index (χ2v) is 7.03. The minimum Gasteiger partial charge on any atom is -0.441 e. The van der Waals surface area contributed by atoms with Crippen LogP contribution in [0.15, 0.2) is 54.6 Å². The third kappa shape index (κ3) is 3.03. The van der Waals surface area contributed by atoms with E-state index in [0.717, 1.165) is 24.9 Å². The molecule has 1 saturated heterocycles. The number of rotatable bonds is 3. The van der Waals surface area contributed by atoms with E-state index < -0.39 is 0 Å². The summed E-state index contributed by atoms with van der Waals surface area (Å²) in [5.74, 6) is 0. The Morgan fingerprint density at radius 3 is 2.25 bits per heavy atom. The van der Waals surface area contributed by atoms with Crippen molar-refractivity contribution >= 4 is 6.09 Å². The maximum Gasteiger partial charge on any atom is 0.410 e. The summed E-state index contributed by atoms with van der Waals surface area (Å²) >= 11 is 0. The Labute approximate surface area is 143 Å². The first kappa shape index (κ1) is 15.3. The van der Waals surface area contributed by atoms with Crippen LogP contribution in [-0.2, 0) is 11.3 Å². The topological polar surface area (TPSA) is 29.5 Å². The Hall–Kier alpha value is -2.29. The molecule has 1 saturated carbocycles. The molecule has 2 aromatic rings. The van der Waals surface area contributed by atoms with E-state index in [2.05, 4.69) is 36.4 Å². The van der Waals surface area contributed by atoms with Gasteiger partial charge in [-0.15, -0.1) is 0 Å². The number of benzene rings is 2. The molecule has 0 N–H and O–H groups in total. The van der Waals surface area contributed by atoms with Crippen molar-refractivity contribution in [1.82, 2.24) is 4.90 Å². The number of amides is 1. The molecule has 4 rings (SSSR count). The molecule has 1 aliphatic carbocycles. The molecule has 24 heavy (non-hydrogen) atoms. The first-order chi connectivity index (χ1) is 11.7. The lowest BCUT2D eigenvalue weighted by molar-refractivity contribution is 0.0260. The van der Waals surface area contributed by atoms with Gasteiger partial charge in [-0.25, -0.2) is 4.79 Å². The molecule has 2 aromatic carbocycles. The van der Waals surface area contributed by atoms with Crippen LogP contribution in [0, 0.1) is 0 Å². The molecule has 3 nitrogen and oxygen atoms in total. The van der Waals surface area contributed by atoms with Crippen LogP contribution in [0.25, 0.3) is 11.1 Å². The highest BCUT2D eigenvalue weighted by atomic mass is 16.6. The first-order valence-electron chi connectivity index (χ1n) is 8.86. The van der Waals surface area contributed by atoms with Gasteiger partial charge in [0.25, 0.3) is 0 Å². The summed E-state index contributed by atoms with van der Waals surface area (Å²) in [6, 6.07) is 18.8. The molecule has 0 bridgehead atoms. The average Bonchev–Trinajstić information content (AvgIpc) is 2.91. The number of carbonyl (C=O) groups excluding carboxylic acids is 1. The molecule has 124 valence electrons. The fourth-order valence-electron chi connectivity index (χ4n) is 3.92. The fraction of sp³-hybridized carbons (Fsp3) is 0.381. The Morgan fingerprint density at radius 2 is 1.54 bits per heavy atom. The summed E-state index contributed by atoms with van der Waals surface area (Å²) < 4.78 is 5.75. The molecule has 1 aliphatic heterocycles. The lowest BCUT2D eigenvalue weighted by atomic mass is 9.85. The SMILES string of the molecule is O=C1OC2(CCCCC2)CN1Cc1ccc(-c2ccccc2)cc1. The lowest BCUT2D eigenvalue weighted by Gasteiger charge is -2.30. The summed E-state index contributed by atoms with van der Waals surface area (Å²) in [6.45, 7) is 1.38. The lowest BCUT2D eigenvalue weighted by Crippen LogP contribution is -2.36. The Balaban J connectivity index is 1.45. The normalized spacial score (nSPS) is 19.5. The molecule has 1 amide bonds. The second kappa shape index (κ2) is 6.31. The summed E-state index contributed by atoms with van der Waals surface area (Å²) in [7, 11) is 0. The minimum absolute atomic E-state index is 0.149. The highest BCUT2D eigenvalue weighted by molar-refractivity contribution is 5.71. The second-order valence-electron chi connectivity index (χ2n) is 7.03. The third-order valence-electron chi connectivity index (χ3n) is 5.24. The number of hydrogen-bond donors (Lipinski definition) is 0. The van der Waals surface area contributed by atoms with E-state index in [1.807, 2.05) is 23.1 Å². The zero-order chi connectivity index (χ0) is 16.4. The molecule has 2 aliphatic rings. The number of carbonyl (C=O) groups is 1. The molecule has 1 spiro atoms. The van der Waals surface area contributed by atoms with E-state index >= 15 is 0 Å². The smallest absolute Gasteiger partial charge is 0.410 e. The molecule has 0 radical (unpaired) electrons. The predicted octanol–water partition coefficient (Wildman–Crippen LogP) is 5.01. The van der Waals surface area contributed by atoms with Crippen LogP contribution in [0.1, 0.15) is 37.7 Å². The van der Waals surface area contributed by atoms with Gasteiger partial charge in [0, 0.05) is 6.54 Å². The van der Waals surface area contributed by atoms with Gasteiger partial charge in [0.05, 0.1) is 6.54 Å². The Bertz CT molecular complexity index is 702. The van der Waals surface area contributed by atoms with E-state index in [4.69, 9.17) is 4.74 Å². The maximum absolute atomic E-state index is 12.2. The Morgan fingerprint density at radius 1 is 0.875 bits per heavy atom. The van der Waals surface area contributed by atoms with Crippen LogP contribution in [0.3, 0.4) is 0 Å². The van der Waals surface area contributed by atoms with Gasteiger partial charge in [-0.2, -0.15) is 0 Å². The van der Waals surface area contributed by atoms with Crippen LogP contribution >= 0.6 is 0 Å². The van der Waals surface area contributed by atoms with E-state index in [-0.39, 0.29) is 11.7 Å². The first-order valence-corrected chi connectivity index (χ1v) is 8.86.